The van der Waals surface area contributed by atoms with E-state index in [-0.39, 0.29) is 0 Å². The van der Waals surface area contributed by atoms with Crippen LogP contribution < -0.4 is 5.32 Å². The molecule has 1 aliphatic rings. The zero-order valence-corrected chi connectivity index (χ0v) is 15.4. The highest BCUT2D eigenvalue weighted by atomic mass is 15.2. The molecule has 0 bridgehead atoms. The Balaban J connectivity index is 2.30. The Labute approximate surface area is 133 Å². The summed E-state index contributed by atoms with van der Waals surface area (Å²) in [5.41, 5.74) is 0. The molecule has 0 radical (unpaired) electrons. The second-order valence-electron chi connectivity index (χ2n) is 7.37. The Bertz CT molecular complexity index is 255. The lowest BCUT2D eigenvalue weighted by atomic mass is 9.91. The van der Waals surface area contributed by atoms with E-state index in [1.807, 2.05) is 0 Å². The Morgan fingerprint density at radius 3 is 2.38 bits per heavy atom. The average molecular weight is 298 g/mol. The molecule has 1 fully saturated rings. The van der Waals surface area contributed by atoms with Gasteiger partial charge in [-0.1, -0.05) is 6.92 Å². The van der Waals surface area contributed by atoms with E-state index in [4.69, 9.17) is 0 Å². The molecule has 0 spiro atoms. The van der Waals surface area contributed by atoms with Crippen LogP contribution in [0.25, 0.3) is 0 Å². The largest absolute Gasteiger partial charge is 0.313 e. The second-order valence-corrected chi connectivity index (χ2v) is 7.37. The highest BCUT2D eigenvalue weighted by Gasteiger charge is 2.24. The first-order chi connectivity index (χ1) is 9.95. The maximum Gasteiger partial charge on any atom is 0.0112 e. The summed E-state index contributed by atoms with van der Waals surface area (Å²) in [7, 11) is 0. The van der Waals surface area contributed by atoms with Gasteiger partial charge >= 0.3 is 0 Å². The molecule has 0 aromatic heterocycles. The Morgan fingerprint density at radius 2 is 1.81 bits per heavy atom. The van der Waals surface area contributed by atoms with E-state index in [0.717, 1.165) is 19.0 Å². The van der Waals surface area contributed by atoms with Gasteiger partial charge in [-0.2, -0.15) is 0 Å². The zero-order valence-electron chi connectivity index (χ0n) is 15.4. The van der Waals surface area contributed by atoms with E-state index < -0.39 is 0 Å². The van der Waals surface area contributed by atoms with Crippen molar-refractivity contribution in [2.24, 2.45) is 5.92 Å². The van der Waals surface area contributed by atoms with E-state index in [9.17, 15) is 0 Å². The standard InChI is InChI=1S/C18H39N3/c1-7-11-20-12-8-9-18(14-20)17(6)19-10-13-21(15(2)3)16(4)5/h15-19H,7-14H2,1-6H3. The Kier molecular flexibility index (Phi) is 8.84. The van der Waals surface area contributed by atoms with Crippen LogP contribution in [0.5, 0.6) is 0 Å². The lowest BCUT2D eigenvalue weighted by Crippen LogP contribution is -2.47. The van der Waals surface area contributed by atoms with Gasteiger partial charge in [0.1, 0.15) is 0 Å². The van der Waals surface area contributed by atoms with Crippen LogP contribution in [0.3, 0.4) is 0 Å². The Morgan fingerprint density at radius 1 is 1.14 bits per heavy atom. The summed E-state index contributed by atoms with van der Waals surface area (Å²) < 4.78 is 0. The molecular weight excluding hydrogens is 258 g/mol. The van der Waals surface area contributed by atoms with Crippen molar-refractivity contribution in [2.45, 2.75) is 78.9 Å². The fourth-order valence-corrected chi connectivity index (χ4v) is 3.72. The monoisotopic (exact) mass is 297 g/mol. The minimum Gasteiger partial charge on any atom is -0.313 e. The predicted octanol–water partition coefficient (Wildman–Crippen LogP) is 3.21. The molecule has 0 aliphatic carbocycles. The third kappa shape index (κ3) is 6.66. The second kappa shape index (κ2) is 9.81. The Hall–Kier alpha value is -0.120. The molecule has 0 saturated carbocycles. The number of hydrogen-bond donors (Lipinski definition) is 1. The molecule has 1 saturated heterocycles. The van der Waals surface area contributed by atoms with Crippen molar-refractivity contribution in [2.75, 3.05) is 32.7 Å². The molecule has 0 aromatic rings. The maximum atomic E-state index is 3.79. The molecule has 0 aromatic carbocycles. The molecule has 1 rings (SSSR count). The minimum atomic E-state index is 0.636. The summed E-state index contributed by atoms with van der Waals surface area (Å²) in [5.74, 6) is 0.830. The van der Waals surface area contributed by atoms with Crippen LogP contribution >= 0.6 is 0 Å². The summed E-state index contributed by atoms with van der Waals surface area (Å²) >= 11 is 0. The number of hydrogen-bond acceptors (Lipinski definition) is 3. The predicted molar refractivity (Wildman–Crippen MR) is 93.9 cm³/mol. The van der Waals surface area contributed by atoms with Crippen molar-refractivity contribution in [3.05, 3.63) is 0 Å². The van der Waals surface area contributed by atoms with Crippen molar-refractivity contribution in [1.29, 1.82) is 0 Å². The highest BCUT2D eigenvalue weighted by Crippen LogP contribution is 2.19. The third-order valence-electron chi connectivity index (χ3n) is 4.95. The van der Waals surface area contributed by atoms with Gasteiger partial charge in [-0.3, -0.25) is 4.90 Å². The topological polar surface area (TPSA) is 18.5 Å². The lowest BCUT2D eigenvalue weighted by Gasteiger charge is -2.37. The van der Waals surface area contributed by atoms with Crippen LogP contribution in [0, 0.1) is 5.92 Å². The maximum absolute atomic E-state index is 3.79. The number of likely N-dealkylation sites (tertiary alicyclic amines) is 1. The van der Waals surface area contributed by atoms with Gasteiger partial charge < -0.3 is 10.2 Å². The third-order valence-corrected chi connectivity index (χ3v) is 4.95. The first-order valence-electron chi connectivity index (χ1n) is 9.17. The molecule has 2 atom stereocenters. The van der Waals surface area contributed by atoms with Crippen molar-refractivity contribution >= 4 is 0 Å². The van der Waals surface area contributed by atoms with Crippen molar-refractivity contribution in [1.82, 2.24) is 15.1 Å². The van der Waals surface area contributed by atoms with Gasteiger partial charge in [0.25, 0.3) is 0 Å². The number of nitrogens with one attached hydrogen (secondary N) is 1. The summed E-state index contributed by atoms with van der Waals surface area (Å²) in [4.78, 5) is 5.23. The number of piperidine rings is 1. The smallest absolute Gasteiger partial charge is 0.0112 e. The quantitative estimate of drug-likeness (QED) is 0.705. The van der Waals surface area contributed by atoms with Gasteiger partial charge in [0, 0.05) is 37.8 Å². The van der Waals surface area contributed by atoms with E-state index in [1.54, 1.807) is 0 Å². The fourth-order valence-electron chi connectivity index (χ4n) is 3.72. The van der Waals surface area contributed by atoms with Crippen LogP contribution in [0.15, 0.2) is 0 Å². The first-order valence-corrected chi connectivity index (χ1v) is 9.17. The van der Waals surface area contributed by atoms with Gasteiger partial charge in [0.2, 0.25) is 0 Å². The lowest BCUT2D eigenvalue weighted by molar-refractivity contribution is 0.142. The van der Waals surface area contributed by atoms with Crippen LogP contribution in [-0.4, -0.2) is 60.6 Å². The van der Waals surface area contributed by atoms with Gasteiger partial charge in [0.15, 0.2) is 0 Å². The molecule has 2 unspecified atom stereocenters. The molecule has 1 N–H and O–H groups in total. The number of nitrogens with zero attached hydrogens (tertiary/aromatic N) is 2. The molecule has 0 amide bonds. The van der Waals surface area contributed by atoms with Crippen LogP contribution in [0.4, 0.5) is 0 Å². The fraction of sp³-hybridized carbons (Fsp3) is 1.00. The van der Waals surface area contributed by atoms with Crippen molar-refractivity contribution in [3.8, 4) is 0 Å². The van der Waals surface area contributed by atoms with E-state index in [0.29, 0.717) is 18.1 Å². The van der Waals surface area contributed by atoms with Crippen LogP contribution in [0.1, 0.15) is 60.8 Å². The molecule has 1 heterocycles. The molecule has 3 heteroatoms. The molecule has 1 aliphatic heterocycles. The van der Waals surface area contributed by atoms with E-state index in [1.165, 1.54) is 38.9 Å². The molecule has 126 valence electrons. The van der Waals surface area contributed by atoms with Crippen LogP contribution in [-0.2, 0) is 0 Å². The van der Waals surface area contributed by atoms with Gasteiger partial charge in [-0.15, -0.1) is 0 Å². The van der Waals surface area contributed by atoms with E-state index >= 15 is 0 Å². The summed E-state index contributed by atoms with van der Waals surface area (Å²) in [5, 5.41) is 3.79. The van der Waals surface area contributed by atoms with Crippen molar-refractivity contribution in [3.63, 3.8) is 0 Å². The molecule has 3 nitrogen and oxygen atoms in total. The molecular formula is C18H39N3. The van der Waals surface area contributed by atoms with Gasteiger partial charge in [0.05, 0.1) is 0 Å². The van der Waals surface area contributed by atoms with Gasteiger partial charge in [-0.25, -0.2) is 0 Å². The summed E-state index contributed by atoms with van der Waals surface area (Å²) in [6.07, 6.45) is 4.06. The SMILES string of the molecule is CCCN1CCCC(C(C)NCCN(C(C)C)C(C)C)C1. The van der Waals surface area contributed by atoms with Gasteiger partial charge in [-0.05, 0) is 72.9 Å². The summed E-state index contributed by atoms with van der Waals surface area (Å²) in [6.45, 7) is 20.0. The number of rotatable bonds is 9. The summed E-state index contributed by atoms with van der Waals surface area (Å²) in [6, 6.07) is 1.92. The normalized spacial score (nSPS) is 22.4. The van der Waals surface area contributed by atoms with E-state index in [2.05, 4.69) is 56.7 Å². The minimum absolute atomic E-state index is 0.636. The average Bonchev–Trinajstić information content (AvgIpc) is 2.43. The first kappa shape index (κ1) is 18.9. The molecule has 21 heavy (non-hydrogen) atoms. The van der Waals surface area contributed by atoms with Crippen molar-refractivity contribution < 1.29 is 0 Å². The van der Waals surface area contributed by atoms with Crippen LogP contribution in [0.2, 0.25) is 0 Å². The zero-order chi connectivity index (χ0) is 15.8. The highest BCUT2D eigenvalue weighted by molar-refractivity contribution is 4.81.